The third-order valence-corrected chi connectivity index (χ3v) is 6.35. The highest BCUT2D eigenvalue weighted by Gasteiger charge is 2.23. The van der Waals surface area contributed by atoms with Crippen LogP contribution in [0.1, 0.15) is 60.6 Å². The van der Waals surface area contributed by atoms with E-state index in [4.69, 9.17) is 4.74 Å². The van der Waals surface area contributed by atoms with E-state index in [2.05, 4.69) is 16.9 Å². The Morgan fingerprint density at radius 1 is 1.24 bits per heavy atom. The Hall–Kier alpha value is -1.93. The van der Waals surface area contributed by atoms with Gasteiger partial charge in [-0.25, -0.2) is 9.78 Å². The monoisotopic (exact) mass is 435 g/mol. The number of carbonyl (C=O) groups is 2. The number of aryl methyl sites for hydroxylation is 1. The van der Waals surface area contributed by atoms with Crippen molar-refractivity contribution in [2.45, 2.75) is 52.2 Å². The number of hydrogen-bond acceptors (Lipinski definition) is 7. The highest BCUT2D eigenvalue weighted by molar-refractivity contribution is 7.98. The summed E-state index contributed by atoms with van der Waals surface area (Å²) in [5.74, 6) is 1.17. The highest BCUT2D eigenvalue weighted by atomic mass is 32.2. The normalized spacial score (nSPS) is 10.7. The Bertz CT molecular complexity index is 781. The van der Waals surface area contributed by atoms with Crippen LogP contribution in [0.5, 0.6) is 0 Å². The standard InChI is InChI=1S/C21H29N3O3S2/c1-4-6-9-13-24(21-23-16(3)19(29-21)20(26)27-5-2)18(25)11-14-28-15-17-10-7-8-12-22-17/h7-8,10,12H,4-6,9,11,13-15H2,1-3H3. The van der Waals surface area contributed by atoms with Crippen molar-refractivity contribution in [3.8, 4) is 0 Å². The van der Waals surface area contributed by atoms with Crippen LogP contribution in [0.4, 0.5) is 5.13 Å². The van der Waals surface area contributed by atoms with Crippen molar-refractivity contribution in [1.29, 1.82) is 0 Å². The van der Waals surface area contributed by atoms with Crippen LogP contribution >= 0.6 is 23.1 Å². The molecule has 2 rings (SSSR count). The quantitative estimate of drug-likeness (QED) is 0.350. The van der Waals surface area contributed by atoms with Crippen LogP contribution in [-0.4, -0.2) is 40.7 Å². The number of nitrogens with zero attached hydrogens (tertiary/aromatic N) is 3. The third-order valence-electron chi connectivity index (χ3n) is 4.20. The lowest BCUT2D eigenvalue weighted by atomic mass is 10.2. The second kappa shape index (κ2) is 12.6. The Kier molecular flexibility index (Phi) is 10.1. The molecular weight excluding hydrogens is 406 g/mol. The van der Waals surface area contributed by atoms with Gasteiger partial charge in [-0.15, -0.1) is 0 Å². The molecule has 8 heteroatoms. The van der Waals surface area contributed by atoms with Crippen LogP contribution in [0.3, 0.4) is 0 Å². The molecule has 0 fully saturated rings. The molecule has 0 N–H and O–H groups in total. The van der Waals surface area contributed by atoms with Gasteiger partial charge in [0.25, 0.3) is 0 Å². The van der Waals surface area contributed by atoms with E-state index in [0.717, 1.165) is 36.5 Å². The Labute approximate surface area is 181 Å². The molecule has 0 aliphatic heterocycles. The largest absolute Gasteiger partial charge is 0.462 e. The second-order valence-corrected chi connectivity index (χ2v) is 8.59. The van der Waals surface area contributed by atoms with Gasteiger partial charge in [0.1, 0.15) is 4.88 Å². The topological polar surface area (TPSA) is 72.4 Å². The van der Waals surface area contributed by atoms with Crippen LogP contribution < -0.4 is 4.90 Å². The summed E-state index contributed by atoms with van der Waals surface area (Å²) in [6.45, 7) is 6.62. The van der Waals surface area contributed by atoms with E-state index < -0.39 is 0 Å². The first-order valence-corrected chi connectivity index (χ1v) is 12.0. The molecule has 2 heterocycles. The second-order valence-electron chi connectivity index (χ2n) is 6.51. The van der Waals surface area contributed by atoms with Crippen molar-refractivity contribution < 1.29 is 14.3 Å². The number of carbonyl (C=O) groups excluding carboxylic acids is 2. The number of thioether (sulfide) groups is 1. The van der Waals surface area contributed by atoms with Gasteiger partial charge in [0.05, 0.1) is 18.0 Å². The van der Waals surface area contributed by atoms with Gasteiger partial charge in [0, 0.05) is 30.7 Å². The molecule has 1 amide bonds. The van der Waals surface area contributed by atoms with Gasteiger partial charge >= 0.3 is 5.97 Å². The number of hydrogen-bond donors (Lipinski definition) is 0. The minimum Gasteiger partial charge on any atom is -0.462 e. The van der Waals surface area contributed by atoms with Gasteiger partial charge < -0.3 is 4.74 Å². The fraction of sp³-hybridized carbons (Fsp3) is 0.524. The summed E-state index contributed by atoms with van der Waals surface area (Å²) in [6.07, 6.45) is 5.25. The molecule has 0 aliphatic rings. The van der Waals surface area contributed by atoms with E-state index in [9.17, 15) is 9.59 Å². The fourth-order valence-electron chi connectivity index (χ4n) is 2.69. The zero-order valence-corrected chi connectivity index (χ0v) is 19.0. The Balaban J connectivity index is 2.00. The molecule has 0 saturated carbocycles. The maximum absolute atomic E-state index is 12.9. The summed E-state index contributed by atoms with van der Waals surface area (Å²) in [5, 5.41) is 0.585. The lowest BCUT2D eigenvalue weighted by Crippen LogP contribution is -2.32. The van der Waals surface area contributed by atoms with Gasteiger partial charge in [-0.2, -0.15) is 11.8 Å². The third kappa shape index (κ3) is 7.44. The molecule has 6 nitrogen and oxygen atoms in total. The zero-order chi connectivity index (χ0) is 21.1. The van der Waals surface area contributed by atoms with Gasteiger partial charge in [0.2, 0.25) is 5.91 Å². The van der Waals surface area contributed by atoms with Crippen LogP contribution in [0, 0.1) is 6.92 Å². The molecule has 2 aromatic heterocycles. The molecule has 0 atom stereocenters. The number of rotatable bonds is 12. The lowest BCUT2D eigenvalue weighted by molar-refractivity contribution is -0.118. The molecule has 2 aromatic rings. The maximum Gasteiger partial charge on any atom is 0.350 e. The van der Waals surface area contributed by atoms with Crippen molar-refractivity contribution in [2.75, 3.05) is 23.8 Å². The maximum atomic E-state index is 12.9. The van der Waals surface area contributed by atoms with E-state index in [-0.39, 0.29) is 11.9 Å². The van der Waals surface area contributed by atoms with E-state index in [1.807, 2.05) is 18.2 Å². The molecule has 0 bridgehead atoms. The minimum atomic E-state index is -0.374. The van der Waals surface area contributed by atoms with Crippen LogP contribution in [0.2, 0.25) is 0 Å². The Morgan fingerprint density at radius 3 is 2.76 bits per heavy atom. The van der Waals surface area contributed by atoms with E-state index in [0.29, 0.717) is 35.3 Å². The molecule has 0 aromatic carbocycles. The van der Waals surface area contributed by atoms with E-state index in [1.54, 1.807) is 36.7 Å². The first-order chi connectivity index (χ1) is 14.1. The summed E-state index contributed by atoms with van der Waals surface area (Å²) >= 11 is 2.94. The zero-order valence-electron chi connectivity index (χ0n) is 17.3. The number of pyridine rings is 1. The van der Waals surface area contributed by atoms with Crippen LogP contribution in [0.25, 0.3) is 0 Å². The Morgan fingerprint density at radius 2 is 2.07 bits per heavy atom. The van der Waals surface area contributed by atoms with Crippen molar-refractivity contribution in [1.82, 2.24) is 9.97 Å². The molecule has 0 saturated heterocycles. The van der Waals surface area contributed by atoms with Gasteiger partial charge in [0.15, 0.2) is 5.13 Å². The first-order valence-electron chi connectivity index (χ1n) is 9.99. The van der Waals surface area contributed by atoms with Gasteiger partial charge in [-0.3, -0.25) is 14.7 Å². The van der Waals surface area contributed by atoms with Gasteiger partial charge in [-0.05, 0) is 32.4 Å². The average Bonchev–Trinajstić information content (AvgIpc) is 3.11. The summed E-state index contributed by atoms with van der Waals surface area (Å²) in [7, 11) is 0. The number of anilines is 1. The fourth-order valence-corrected chi connectivity index (χ4v) is 4.53. The van der Waals surface area contributed by atoms with Gasteiger partial charge in [-0.1, -0.05) is 37.2 Å². The summed E-state index contributed by atoms with van der Waals surface area (Å²) in [6, 6.07) is 5.85. The molecule has 29 heavy (non-hydrogen) atoms. The molecule has 158 valence electrons. The molecular formula is C21H29N3O3S2. The molecule has 0 spiro atoms. The number of ether oxygens (including phenoxy) is 1. The highest BCUT2D eigenvalue weighted by Crippen LogP contribution is 2.28. The summed E-state index contributed by atoms with van der Waals surface area (Å²) in [5.41, 5.74) is 1.63. The van der Waals surface area contributed by atoms with E-state index in [1.165, 1.54) is 11.3 Å². The SMILES string of the molecule is CCCCCN(C(=O)CCSCc1ccccn1)c1nc(C)c(C(=O)OCC)s1. The van der Waals surface area contributed by atoms with Crippen molar-refractivity contribution >= 4 is 40.1 Å². The minimum absolute atomic E-state index is 0.0405. The van der Waals surface area contributed by atoms with E-state index >= 15 is 0 Å². The molecule has 0 radical (unpaired) electrons. The number of esters is 1. The number of amides is 1. The van der Waals surface area contributed by atoms with Crippen molar-refractivity contribution in [2.24, 2.45) is 0 Å². The first kappa shape index (κ1) is 23.3. The lowest BCUT2D eigenvalue weighted by Gasteiger charge is -2.19. The number of aromatic nitrogens is 2. The molecule has 0 aliphatic carbocycles. The van der Waals surface area contributed by atoms with Crippen LogP contribution in [-0.2, 0) is 15.3 Å². The van der Waals surface area contributed by atoms with Crippen LogP contribution in [0.15, 0.2) is 24.4 Å². The smallest absolute Gasteiger partial charge is 0.350 e. The number of unbranched alkanes of at least 4 members (excludes halogenated alkanes) is 2. The summed E-state index contributed by atoms with van der Waals surface area (Å²) < 4.78 is 5.10. The number of thiazole rings is 1. The summed E-state index contributed by atoms with van der Waals surface area (Å²) in [4.78, 5) is 36.0. The average molecular weight is 436 g/mol. The molecule has 0 unspecified atom stereocenters. The predicted molar refractivity (Wildman–Crippen MR) is 120 cm³/mol. The predicted octanol–water partition coefficient (Wildman–Crippen LogP) is 4.87. The van der Waals surface area contributed by atoms with Crippen molar-refractivity contribution in [3.05, 3.63) is 40.7 Å². The van der Waals surface area contributed by atoms with Crippen molar-refractivity contribution in [3.63, 3.8) is 0 Å².